The van der Waals surface area contributed by atoms with Gasteiger partial charge in [0.1, 0.15) is 0 Å². The molecule has 0 heterocycles. The predicted molar refractivity (Wildman–Crippen MR) is 81.7 cm³/mol. The highest BCUT2D eigenvalue weighted by Gasteiger charge is 2.15. The maximum atomic E-state index is 12.1. The molecule has 106 valence electrons. The van der Waals surface area contributed by atoms with Gasteiger partial charge >= 0.3 is 0 Å². The Labute approximate surface area is 116 Å². The number of carbonyl (C=O) groups is 1. The van der Waals surface area contributed by atoms with Crippen LogP contribution in [0.15, 0.2) is 18.2 Å². The summed E-state index contributed by atoms with van der Waals surface area (Å²) in [5, 5.41) is 2.85. The maximum absolute atomic E-state index is 12.1. The van der Waals surface area contributed by atoms with Gasteiger partial charge in [0.05, 0.1) is 11.3 Å². The molecule has 3 N–H and O–H groups in total. The summed E-state index contributed by atoms with van der Waals surface area (Å²) in [6.07, 6.45) is 2.09. The van der Waals surface area contributed by atoms with Gasteiger partial charge in [0, 0.05) is 25.3 Å². The van der Waals surface area contributed by atoms with Crippen molar-refractivity contribution in [3.8, 4) is 0 Å². The fourth-order valence-corrected chi connectivity index (χ4v) is 2.15. The molecule has 1 aromatic carbocycles. The topological polar surface area (TPSA) is 58.4 Å². The van der Waals surface area contributed by atoms with Crippen molar-refractivity contribution in [3.63, 3.8) is 0 Å². The minimum absolute atomic E-state index is 0.0327. The fourth-order valence-electron chi connectivity index (χ4n) is 2.15. The van der Waals surface area contributed by atoms with Gasteiger partial charge in [-0.2, -0.15) is 0 Å². The van der Waals surface area contributed by atoms with Gasteiger partial charge in [0.2, 0.25) is 0 Å². The number of carbonyl (C=O) groups excluding carboxylic acids is 1. The largest absolute Gasteiger partial charge is 0.399 e. The summed E-state index contributed by atoms with van der Waals surface area (Å²) in [4.78, 5) is 14.3. The second kappa shape index (κ2) is 7.67. The molecule has 0 aliphatic heterocycles. The number of anilines is 2. The zero-order valence-electron chi connectivity index (χ0n) is 12.2. The number of benzene rings is 1. The Morgan fingerprint density at radius 2 is 1.84 bits per heavy atom. The van der Waals surface area contributed by atoms with Crippen LogP contribution in [0.4, 0.5) is 11.4 Å². The lowest BCUT2D eigenvalue weighted by atomic mass is 10.1. The molecule has 0 aromatic heterocycles. The highest BCUT2D eigenvalue weighted by atomic mass is 16.1. The van der Waals surface area contributed by atoms with E-state index in [-0.39, 0.29) is 5.91 Å². The van der Waals surface area contributed by atoms with Crippen LogP contribution in [0, 0.1) is 0 Å². The lowest BCUT2D eigenvalue weighted by molar-refractivity contribution is 0.0956. The van der Waals surface area contributed by atoms with Gasteiger partial charge in [-0.05, 0) is 38.0 Å². The van der Waals surface area contributed by atoms with Crippen molar-refractivity contribution >= 4 is 17.3 Å². The molecule has 0 spiro atoms. The molecule has 0 saturated heterocycles. The van der Waals surface area contributed by atoms with E-state index in [0.29, 0.717) is 17.8 Å². The Morgan fingerprint density at radius 3 is 2.37 bits per heavy atom. The monoisotopic (exact) mass is 263 g/mol. The van der Waals surface area contributed by atoms with E-state index in [1.165, 1.54) is 0 Å². The van der Waals surface area contributed by atoms with Crippen LogP contribution in [0.3, 0.4) is 0 Å². The van der Waals surface area contributed by atoms with E-state index in [4.69, 9.17) is 5.73 Å². The highest BCUT2D eigenvalue weighted by Crippen LogP contribution is 2.24. The second-order valence-corrected chi connectivity index (χ2v) is 4.62. The number of hydrogen-bond acceptors (Lipinski definition) is 3. The summed E-state index contributed by atoms with van der Waals surface area (Å²) >= 11 is 0. The number of amides is 1. The van der Waals surface area contributed by atoms with Gasteiger partial charge in [0.15, 0.2) is 0 Å². The molecular weight excluding hydrogens is 238 g/mol. The molecule has 19 heavy (non-hydrogen) atoms. The third kappa shape index (κ3) is 4.16. The minimum atomic E-state index is -0.0327. The Kier molecular flexibility index (Phi) is 6.19. The van der Waals surface area contributed by atoms with E-state index in [2.05, 4.69) is 24.1 Å². The van der Waals surface area contributed by atoms with Crippen LogP contribution in [0.2, 0.25) is 0 Å². The summed E-state index contributed by atoms with van der Waals surface area (Å²) in [7, 11) is 0. The van der Waals surface area contributed by atoms with Gasteiger partial charge in [-0.15, -0.1) is 0 Å². The van der Waals surface area contributed by atoms with E-state index in [0.717, 1.165) is 31.6 Å². The second-order valence-electron chi connectivity index (χ2n) is 4.62. The normalized spacial score (nSPS) is 10.3. The van der Waals surface area contributed by atoms with Crippen LogP contribution in [0.5, 0.6) is 0 Å². The zero-order valence-corrected chi connectivity index (χ0v) is 12.2. The van der Waals surface area contributed by atoms with Crippen molar-refractivity contribution in [3.05, 3.63) is 23.8 Å². The van der Waals surface area contributed by atoms with Crippen LogP contribution in [-0.2, 0) is 0 Å². The van der Waals surface area contributed by atoms with Crippen LogP contribution < -0.4 is 16.0 Å². The van der Waals surface area contributed by atoms with Crippen LogP contribution in [0.1, 0.15) is 44.0 Å². The third-order valence-electron chi connectivity index (χ3n) is 2.93. The maximum Gasteiger partial charge on any atom is 0.253 e. The van der Waals surface area contributed by atoms with Gasteiger partial charge in [-0.25, -0.2) is 0 Å². The van der Waals surface area contributed by atoms with Crippen LogP contribution >= 0.6 is 0 Å². The molecule has 0 aliphatic rings. The molecular formula is C15H25N3O. The molecule has 0 radical (unpaired) electrons. The first-order chi connectivity index (χ1) is 9.13. The molecule has 0 fully saturated rings. The number of nitrogens with zero attached hydrogens (tertiary/aromatic N) is 1. The van der Waals surface area contributed by atoms with Gasteiger partial charge in [0.25, 0.3) is 5.91 Å². The minimum Gasteiger partial charge on any atom is -0.399 e. The van der Waals surface area contributed by atoms with E-state index < -0.39 is 0 Å². The Bertz CT molecular complexity index is 412. The lowest BCUT2D eigenvalue weighted by Gasteiger charge is -2.26. The Balaban J connectivity index is 3.13. The van der Waals surface area contributed by atoms with Gasteiger partial charge < -0.3 is 16.0 Å². The molecule has 0 bridgehead atoms. The van der Waals surface area contributed by atoms with Crippen LogP contribution in [-0.4, -0.2) is 25.5 Å². The first-order valence-electron chi connectivity index (χ1n) is 7.06. The predicted octanol–water partition coefficient (Wildman–Crippen LogP) is 2.64. The fraction of sp³-hybridized carbons (Fsp3) is 0.533. The summed E-state index contributed by atoms with van der Waals surface area (Å²) in [6, 6.07) is 5.49. The first kappa shape index (κ1) is 15.3. The molecule has 0 unspecified atom stereocenters. The number of rotatable bonds is 7. The van der Waals surface area contributed by atoms with Crippen LogP contribution in [0.25, 0.3) is 0 Å². The third-order valence-corrected chi connectivity index (χ3v) is 2.93. The van der Waals surface area contributed by atoms with E-state index in [1.807, 2.05) is 19.1 Å². The van der Waals surface area contributed by atoms with E-state index in [1.54, 1.807) is 6.07 Å². The number of nitrogens with two attached hydrogens (primary N) is 1. The smallest absolute Gasteiger partial charge is 0.253 e. The molecule has 1 rings (SSSR count). The number of hydrogen-bond donors (Lipinski definition) is 2. The molecule has 4 nitrogen and oxygen atoms in total. The standard InChI is InChI=1S/C15H25N3O/c1-4-9-18(10-5-2)14-11-12(16)7-8-13(14)15(19)17-6-3/h7-8,11H,4-6,9-10,16H2,1-3H3,(H,17,19). The molecule has 1 aromatic rings. The zero-order chi connectivity index (χ0) is 14.3. The summed E-state index contributed by atoms with van der Waals surface area (Å²) in [5.41, 5.74) is 8.21. The van der Waals surface area contributed by atoms with Gasteiger partial charge in [-0.1, -0.05) is 13.8 Å². The average Bonchev–Trinajstić information content (AvgIpc) is 2.38. The first-order valence-corrected chi connectivity index (χ1v) is 7.06. The molecule has 0 aliphatic carbocycles. The van der Waals surface area contributed by atoms with Gasteiger partial charge in [-0.3, -0.25) is 4.79 Å². The average molecular weight is 263 g/mol. The highest BCUT2D eigenvalue weighted by molar-refractivity contribution is 6.00. The van der Waals surface area contributed by atoms with E-state index in [9.17, 15) is 4.79 Å². The summed E-state index contributed by atoms with van der Waals surface area (Å²) in [5.74, 6) is -0.0327. The number of nitrogens with one attached hydrogen (secondary N) is 1. The molecule has 0 atom stereocenters. The summed E-state index contributed by atoms with van der Waals surface area (Å²) in [6.45, 7) is 8.70. The van der Waals surface area contributed by atoms with Crippen molar-refractivity contribution in [1.82, 2.24) is 5.32 Å². The van der Waals surface area contributed by atoms with Crippen molar-refractivity contribution in [1.29, 1.82) is 0 Å². The van der Waals surface area contributed by atoms with Crippen molar-refractivity contribution in [2.45, 2.75) is 33.6 Å². The summed E-state index contributed by atoms with van der Waals surface area (Å²) < 4.78 is 0. The SMILES string of the molecule is CCCN(CCC)c1cc(N)ccc1C(=O)NCC. The lowest BCUT2D eigenvalue weighted by Crippen LogP contribution is -2.30. The van der Waals surface area contributed by atoms with E-state index >= 15 is 0 Å². The van der Waals surface area contributed by atoms with Crippen molar-refractivity contribution in [2.75, 3.05) is 30.3 Å². The Hall–Kier alpha value is -1.71. The molecule has 4 heteroatoms. The van der Waals surface area contributed by atoms with Crippen molar-refractivity contribution in [2.24, 2.45) is 0 Å². The molecule has 0 saturated carbocycles. The number of nitrogen functional groups attached to an aromatic ring is 1. The quantitative estimate of drug-likeness (QED) is 0.744. The molecule has 1 amide bonds. The Morgan fingerprint density at radius 1 is 1.21 bits per heavy atom. The van der Waals surface area contributed by atoms with Crippen molar-refractivity contribution < 1.29 is 4.79 Å².